The van der Waals surface area contributed by atoms with Crippen LogP contribution in [0.1, 0.15) is 33.6 Å². The molecule has 5 heteroatoms. The molecular weight excluding hydrogens is 276 g/mol. The molecule has 3 aliphatic rings. The topological polar surface area (TPSA) is 36.9 Å². The van der Waals surface area contributed by atoms with Crippen molar-refractivity contribution in [3.8, 4) is 0 Å². The second-order valence-electron chi connectivity index (χ2n) is 6.79. The summed E-state index contributed by atoms with van der Waals surface area (Å²) >= 11 is 2.02. The first-order chi connectivity index (χ1) is 9.43. The third kappa shape index (κ3) is 2.75. The van der Waals surface area contributed by atoms with Crippen LogP contribution in [0.2, 0.25) is 0 Å². The summed E-state index contributed by atoms with van der Waals surface area (Å²) in [6.07, 6.45) is 2.39. The predicted octanol–water partition coefficient (Wildman–Crippen LogP) is 2.45. The monoisotopic (exact) mass is 302 g/mol. The fraction of sp³-hybridized carbons (Fsp3) is 1.00. The highest BCUT2D eigenvalue weighted by Crippen LogP contribution is 2.47. The highest BCUT2D eigenvalue weighted by molar-refractivity contribution is 7.99. The maximum Gasteiger partial charge on any atom is 0.163 e. The van der Waals surface area contributed by atoms with Gasteiger partial charge < -0.3 is 18.9 Å². The number of hydrogen-bond acceptors (Lipinski definition) is 5. The molecule has 0 aromatic rings. The van der Waals surface area contributed by atoms with Crippen LogP contribution in [0, 0.1) is 5.92 Å². The van der Waals surface area contributed by atoms with Gasteiger partial charge in [0.2, 0.25) is 0 Å². The van der Waals surface area contributed by atoms with Crippen molar-refractivity contribution in [2.45, 2.75) is 63.3 Å². The van der Waals surface area contributed by atoms with Crippen molar-refractivity contribution in [1.29, 1.82) is 0 Å². The molecule has 3 saturated heterocycles. The molecule has 4 nitrogen and oxygen atoms in total. The molecule has 116 valence electrons. The number of methoxy groups -OCH3 is 1. The van der Waals surface area contributed by atoms with Crippen molar-refractivity contribution in [2.24, 2.45) is 5.92 Å². The number of thioether (sulfide) groups is 1. The minimum atomic E-state index is -0.460. The Balaban J connectivity index is 1.67. The van der Waals surface area contributed by atoms with Crippen LogP contribution in [-0.2, 0) is 18.9 Å². The first-order valence-corrected chi connectivity index (χ1v) is 8.69. The van der Waals surface area contributed by atoms with Gasteiger partial charge in [0.15, 0.2) is 5.79 Å². The lowest BCUT2D eigenvalue weighted by Gasteiger charge is -2.35. The van der Waals surface area contributed by atoms with E-state index in [1.807, 2.05) is 32.7 Å². The maximum atomic E-state index is 6.41. The molecule has 0 bridgehead atoms. The minimum Gasteiger partial charge on any atom is -0.378 e. The van der Waals surface area contributed by atoms with Gasteiger partial charge in [0, 0.05) is 25.2 Å². The van der Waals surface area contributed by atoms with Gasteiger partial charge in [-0.1, -0.05) is 0 Å². The van der Waals surface area contributed by atoms with E-state index < -0.39 is 5.79 Å². The van der Waals surface area contributed by atoms with Gasteiger partial charge >= 0.3 is 0 Å². The largest absolute Gasteiger partial charge is 0.378 e. The zero-order valence-corrected chi connectivity index (χ0v) is 13.7. The van der Waals surface area contributed by atoms with E-state index in [0.717, 1.165) is 18.6 Å². The van der Waals surface area contributed by atoms with Crippen LogP contribution in [0.25, 0.3) is 0 Å². The Morgan fingerprint density at radius 2 is 2.05 bits per heavy atom. The number of ether oxygens (including phenoxy) is 4. The molecule has 0 saturated carbocycles. The van der Waals surface area contributed by atoms with Crippen LogP contribution in [0.3, 0.4) is 0 Å². The summed E-state index contributed by atoms with van der Waals surface area (Å²) < 4.78 is 23.8. The third-order valence-electron chi connectivity index (χ3n) is 4.84. The van der Waals surface area contributed by atoms with Crippen LogP contribution in [0.5, 0.6) is 0 Å². The van der Waals surface area contributed by atoms with Crippen LogP contribution < -0.4 is 0 Å². The minimum absolute atomic E-state index is 0.0222. The Hall–Kier alpha value is 0.190. The molecule has 3 aliphatic heterocycles. The van der Waals surface area contributed by atoms with Gasteiger partial charge in [0.25, 0.3) is 0 Å². The molecular formula is C15H26O4S. The second kappa shape index (κ2) is 5.43. The van der Waals surface area contributed by atoms with E-state index in [9.17, 15) is 0 Å². The zero-order chi connectivity index (χ0) is 14.4. The average Bonchev–Trinajstić information content (AvgIpc) is 2.85. The second-order valence-corrected chi connectivity index (χ2v) is 7.94. The van der Waals surface area contributed by atoms with Crippen molar-refractivity contribution in [1.82, 2.24) is 0 Å². The number of fused-ring (bicyclic) bond motifs is 1. The summed E-state index contributed by atoms with van der Waals surface area (Å²) in [5.74, 6) is 2.36. The van der Waals surface area contributed by atoms with Gasteiger partial charge in [-0.25, -0.2) is 0 Å². The van der Waals surface area contributed by atoms with Crippen molar-refractivity contribution in [2.75, 3.05) is 25.2 Å². The average molecular weight is 302 g/mol. The quantitative estimate of drug-likeness (QED) is 0.800. The fourth-order valence-electron chi connectivity index (χ4n) is 3.74. The fourth-order valence-corrected chi connectivity index (χ4v) is 5.26. The molecule has 0 aliphatic carbocycles. The molecule has 0 aromatic carbocycles. The molecule has 3 rings (SSSR count). The van der Waals surface area contributed by atoms with Crippen LogP contribution in [-0.4, -0.2) is 54.9 Å². The Morgan fingerprint density at radius 1 is 1.25 bits per heavy atom. The van der Waals surface area contributed by atoms with E-state index in [4.69, 9.17) is 18.9 Å². The summed E-state index contributed by atoms with van der Waals surface area (Å²) in [6, 6.07) is 0. The van der Waals surface area contributed by atoms with Gasteiger partial charge in [-0.3, -0.25) is 0 Å². The van der Waals surface area contributed by atoms with Crippen LogP contribution >= 0.6 is 11.8 Å². The van der Waals surface area contributed by atoms with E-state index in [2.05, 4.69) is 6.92 Å². The van der Waals surface area contributed by atoms with E-state index in [0.29, 0.717) is 12.5 Å². The molecule has 0 radical (unpaired) electrons. The smallest absolute Gasteiger partial charge is 0.163 e. The molecule has 1 unspecified atom stereocenters. The number of hydrogen-bond donors (Lipinski definition) is 0. The summed E-state index contributed by atoms with van der Waals surface area (Å²) in [4.78, 5) is 0. The molecule has 0 aromatic heterocycles. The standard InChI is InChI=1S/C15H26O4S/c1-14(2)17-8-10(18-14)7-12-13(16-4)11-9-20-6-5-15(11,3)19-12/h10-13H,5-9H2,1-4H3/t10-,11+,12?,13+,15-/m0/s1. The predicted molar refractivity (Wildman–Crippen MR) is 79.0 cm³/mol. The maximum absolute atomic E-state index is 6.41. The van der Waals surface area contributed by atoms with Gasteiger partial charge in [-0.2, -0.15) is 11.8 Å². The first kappa shape index (κ1) is 15.1. The molecule has 20 heavy (non-hydrogen) atoms. The Bertz CT molecular complexity index is 362. The van der Waals surface area contributed by atoms with Gasteiger partial charge in [0.05, 0.1) is 30.5 Å². The lowest BCUT2D eigenvalue weighted by Crippen LogP contribution is -2.41. The Morgan fingerprint density at radius 3 is 2.70 bits per heavy atom. The molecule has 3 fully saturated rings. The first-order valence-electron chi connectivity index (χ1n) is 7.54. The summed E-state index contributed by atoms with van der Waals surface area (Å²) in [5.41, 5.74) is -0.0222. The lowest BCUT2D eigenvalue weighted by molar-refractivity contribution is -0.146. The van der Waals surface area contributed by atoms with E-state index in [1.54, 1.807) is 0 Å². The van der Waals surface area contributed by atoms with Crippen LogP contribution in [0.15, 0.2) is 0 Å². The zero-order valence-electron chi connectivity index (χ0n) is 12.9. The van der Waals surface area contributed by atoms with Gasteiger partial charge in [-0.15, -0.1) is 0 Å². The van der Waals surface area contributed by atoms with E-state index >= 15 is 0 Å². The van der Waals surface area contributed by atoms with Crippen molar-refractivity contribution < 1.29 is 18.9 Å². The van der Waals surface area contributed by atoms with Crippen LogP contribution in [0.4, 0.5) is 0 Å². The van der Waals surface area contributed by atoms with Gasteiger partial charge in [0.1, 0.15) is 0 Å². The normalized spacial score (nSPS) is 47.4. The Labute approximate surface area is 125 Å². The van der Waals surface area contributed by atoms with Gasteiger partial charge in [-0.05, 0) is 32.9 Å². The summed E-state index contributed by atoms with van der Waals surface area (Å²) in [6.45, 7) is 6.83. The SMILES string of the molecule is CO[C@H]1C(C[C@H]2COC(C)(C)O2)O[C@@]2(C)CCSC[C@H]12. The molecule has 0 spiro atoms. The van der Waals surface area contributed by atoms with E-state index in [1.165, 1.54) is 5.75 Å². The van der Waals surface area contributed by atoms with E-state index in [-0.39, 0.29) is 23.9 Å². The highest BCUT2D eigenvalue weighted by Gasteiger charge is 2.54. The third-order valence-corrected chi connectivity index (χ3v) is 5.93. The molecule has 0 N–H and O–H groups in total. The van der Waals surface area contributed by atoms with Crippen molar-refractivity contribution in [3.63, 3.8) is 0 Å². The molecule has 0 amide bonds. The summed E-state index contributed by atoms with van der Waals surface area (Å²) in [5, 5.41) is 0. The number of rotatable bonds is 3. The van der Waals surface area contributed by atoms with Crippen molar-refractivity contribution in [3.05, 3.63) is 0 Å². The lowest BCUT2D eigenvalue weighted by atomic mass is 9.84. The molecule has 3 heterocycles. The summed E-state index contributed by atoms with van der Waals surface area (Å²) in [7, 11) is 1.81. The molecule has 5 atom stereocenters. The Kier molecular flexibility index (Phi) is 4.10. The van der Waals surface area contributed by atoms with Crippen molar-refractivity contribution >= 4 is 11.8 Å². The highest BCUT2D eigenvalue weighted by atomic mass is 32.2.